The summed E-state index contributed by atoms with van der Waals surface area (Å²) in [4.78, 5) is 25.1. The minimum absolute atomic E-state index is 0.0489. The van der Waals surface area contributed by atoms with Gasteiger partial charge in [0.15, 0.2) is 0 Å². The Labute approximate surface area is 174 Å². The summed E-state index contributed by atoms with van der Waals surface area (Å²) in [6.07, 6.45) is 5.79. The zero-order chi connectivity index (χ0) is 22.4. The average molecular weight is 399 g/mol. The summed E-state index contributed by atoms with van der Waals surface area (Å²) in [6, 6.07) is 10.2. The Morgan fingerprint density at radius 3 is 2.31 bits per heavy atom. The molecule has 1 aromatic rings. The normalized spacial score (nSPS) is 18.8. The maximum absolute atomic E-state index is 12.5. The van der Waals surface area contributed by atoms with Gasteiger partial charge in [-0.05, 0) is 56.2 Å². The first kappa shape index (κ1) is 26.2. The summed E-state index contributed by atoms with van der Waals surface area (Å²) in [5.74, 6) is 1.07. The van der Waals surface area contributed by atoms with E-state index in [1.807, 2.05) is 45.8 Å². The zero-order valence-electron chi connectivity index (χ0n) is 18.2. The van der Waals surface area contributed by atoms with Crippen LogP contribution in [0.15, 0.2) is 70.9 Å². The molecule has 1 amide bonds. The number of aliphatic hydroxyl groups excluding tert-OH is 1. The van der Waals surface area contributed by atoms with Gasteiger partial charge in [0.2, 0.25) is 5.91 Å². The molecule has 0 saturated heterocycles. The van der Waals surface area contributed by atoms with Crippen molar-refractivity contribution in [3.05, 3.63) is 71.5 Å². The van der Waals surface area contributed by atoms with Crippen LogP contribution in [0.25, 0.3) is 0 Å². The molecule has 1 aliphatic rings. The summed E-state index contributed by atoms with van der Waals surface area (Å²) < 4.78 is 0. The maximum atomic E-state index is 12.5. The minimum atomic E-state index is 0.0489. The molecule has 2 N–H and O–H groups in total. The second kappa shape index (κ2) is 14.2. The van der Waals surface area contributed by atoms with Crippen molar-refractivity contribution in [3.8, 4) is 0 Å². The van der Waals surface area contributed by atoms with Crippen molar-refractivity contribution in [3.63, 3.8) is 0 Å². The molecule has 0 aliphatic heterocycles. The zero-order valence-corrected chi connectivity index (χ0v) is 18.2. The van der Waals surface area contributed by atoms with E-state index in [1.54, 1.807) is 6.08 Å². The number of carbonyl (C=O) groups excluding carboxylic acids is 2. The fourth-order valence-electron chi connectivity index (χ4n) is 3.01. The number of allylic oxidation sites excluding steroid dienone is 4. The molecule has 0 heterocycles. The van der Waals surface area contributed by atoms with Gasteiger partial charge in [-0.1, -0.05) is 56.0 Å². The number of aliphatic imine (C=N–C) groups is 1. The van der Waals surface area contributed by atoms with Crippen LogP contribution in [0, 0.1) is 5.92 Å². The molecule has 2 atom stereocenters. The Kier molecular flexibility index (Phi) is 12.9. The lowest BCUT2D eigenvalue weighted by Crippen LogP contribution is -2.30. The number of hydrogen-bond acceptors (Lipinski definition) is 4. The van der Waals surface area contributed by atoms with E-state index in [-0.39, 0.29) is 11.8 Å². The molecular weight excluding hydrogens is 364 g/mol. The van der Waals surface area contributed by atoms with E-state index < -0.39 is 0 Å². The van der Waals surface area contributed by atoms with Crippen molar-refractivity contribution >= 4 is 18.5 Å². The number of nitrogens with one attached hydrogen (secondary N) is 1. The third kappa shape index (κ3) is 8.40. The van der Waals surface area contributed by atoms with Gasteiger partial charge in [-0.3, -0.25) is 4.79 Å². The Hall–Kier alpha value is -2.79. The molecule has 158 valence electrons. The van der Waals surface area contributed by atoms with Crippen LogP contribution in [-0.2, 0) is 9.59 Å². The van der Waals surface area contributed by atoms with E-state index in [1.165, 1.54) is 5.56 Å². The van der Waals surface area contributed by atoms with Crippen LogP contribution in [0.5, 0.6) is 0 Å². The van der Waals surface area contributed by atoms with Gasteiger partial charge in [-0.15, -0.1) is 0 Å². The number of rotatable bonds is 6. The van der Waals surface area contributed by atoms with Crippen molar-refractivity contribution in [2.75, 3.05) is 7.11 Å². The van der Waals surface area contributed by atoms with Crippen molar-refractivity contribution in [2.45, 2.75) is 46.5 Å². The molecule has 29 heavy (non-hydrogen) atoms. The fraction of sp³-hybridized carbons (Fsp3) is 0.375. The van der Waals surface area contributed by atoms with E-state index in [4.69, 9.17) is 9.90 Å². The topological polar surface area (TPSA) is 78.8 Å². The average Bonchev–Trinajstić information content (AvgIpc) is 3.56. The van der Waals surface area contributed by atoms with E-state index >= 15 is 0 Å². The van der Waals surface area contributed by atoms with Gasteiger partial charge in [0.25, 0.3) is 0 Å². The first-order valence-electron chi connectivity index (χ1n) is 9.63. The molecule has 2 rings (SSSR count). The van der Waals surface area contributed by atoms with Gasteiger partial charge < -0.3 is 15.2 Å². The predicted octanol–water partition coefficient (Wildman–Crippen LogP) is 4.56. The van der Waals surface area contributed by atoms with Gasteiger partial charge in [0.05, 0.1) is 5.70 Å². The second-order valence-corrected chi connectivity index (χ2v) is 6.58. The lowest BCUT2D eigenvalue weighted by atomic mass is 10.1. The largest absolute Gasteiger partial charge is 0.400 e. The van der Waals surface area contributed by atoms with Crippen LogP contribution >= 0.6 is 0 Å². The quantitative estimate of drug-likeness (QED) is 0.419. The summed E-state index contributed by atoms with van der Waals surface area (Å²) in [5.41, 5.74) is 4.22. The van der Waals surface area contributed by atoms with Crippen LogP contribution in [0.4, 0.5) is 0 Å². The van der Waals surface area contributed by atoms with Crippen LogP contribution in [0.3, 0.4) is 0 Å². The highest BCUT2D eigenvalue weighted by Gasteiger charge is 2.43. The smallest absolute Gasteiger partial charge is 0.229 e. The van der Waals surface area contributed by atoms with Crippen molar-refractivity contribution in [1.82, 2.24) is 5.32 Å². The van der Waals surface area contributed by atoms with E-state index in [0.29, 0.717) is 11.8 Å². The van der Waals surface area contributed by atoms with Gasteiger partial charge in [0.1, 0.15) is 12.6 Å². The Bertz CT molecular complexity index is 749. The Balaban J connectivity index is 0.00000184. The highest BCUT2D eigenvalue weighted by Crippen LogP contribution is 2.47. The molecule has 5 heteroatoms. The number of amidine groups is 1. The first-order chi connectivity index (χ1) is 14.0. The molecule has 0 bridgehead atoms. The van der Waals surface area contributed by atoms with Crippen LogP contribution < -0.4 is 5.32 Å². The van der Waals surface area contributed by atoms with Gasteiger partial charge >= 0.3 is 0 Å². The number of nitrogens with zero attached hydrogens (tertiary/aromatic N) is 1. The number of aliphatic hydroxyl groups is 1. The van der Waals surface area contributed by atoms with E-state index in [2.05, 4.69) is 42.0 Å². The molecule has 0 spiro atoms. The van der Waals surface area contributed by atoms with Crippen molar-refractivity contribution < 1.29 is 14.7 Å². The SMILES string of the molecule is C=C/C(C)=C(N=C(C)NC(=O)C1CC1c1ccccc1)\C(C)=C/CC.C=O.CO. The third-order valence-corrected chi connectivity index (χ3v) is 4.50. The molecule has 0 aromatic heterocycles. The molecular formula is C24H34N2O3. The van der Waals surface area contributed by atoms with E-state index in [9.17, 15) is 4.79 Å². The van der Waals surface area contributed by atoms with E-state index in [0.717, 1.165) is 36.8 Å². The summed E-state index contributed by atoms with van der Waals surface area (Å²) in [6.45, 7) is 13.8. The second-order valence-electron chi connectivity index (χ2n) is 6.58. The van der Waals surface area contributed by atoms with Crippen molar-refractivity contribution in [2.24, 2.45) is 10.9 Å². The van der Waals surface area contributed by atoms with Gasteiger partial charge in [-0.25, -0.2) is 4.99 Å². The third-order valence-electron chi connectivity index (χ3n) is 4.50. The molecule has 1 aliphatic carbocycles. The molecule has 1 aromatic carbocycles. The van der Waals surface area contributed by atoms with Crippen LogP contribution in [0.2, 0.25) is 0 Å². The highest BCUT2D eigenvalue weighted by atomic mass is 16.2. The molecule has 5 nitrogen and oxygen atoms in total. The van der Waals surface area contributed by atoms with Crippen LogP contribution in [0.1, 0.15) is 52.0 Å². The fourth-order valence-corrected chi connectivity index (χ4v) is 3.01. The first-order valence-corrected chi connectivity index (χ1v) is 9.63. The monoisotopic (exact) mass is 398 g/mol. The number of carbonyl (C=O) groups is 2. The molecule has 2 unspecified atom stereocenters. The minimum Gasteiger partial charge on any atom is -0.400 e. The van der Waals surface area contributed by atoms with Crippen molar-refractivity contribution in [1.29, 1.82) is 0 Å². The Morgan fingerprint density at radius 2 is 1.79 bits per heavy atom. The summed E-state index contributed by atoms with van der Waals surface area (Å²) in [7, 11) is 1.00. The number of amides is 1. The summed E-state index contributed by atoms with van der Waals surface area (Å²) in [5, 5.41) is 9.96. The predicted molar refractivity (Wildman–Crippen MR) is 121 cm³/mol. The molecule has 1 saturated carbocycles. The lowest BCUT2D eigenvalue weighted by molar-refractivity contribution is -0.121. The van der Waals surface area contributed by atoms with Crippen LogP contribution in [-0.4, -0.2) is 30.7 Å². The molecule has 0 radical (unpaired) electrons. The van der Waals surface area contributed by atoms with Gasteiger partial charge in [-0.2, -0.15) is 0 Å². The molecule has 1 fully saturated rings. The number of benzene rings is 1. The highest BCUT2D eigenvalue weighted by molar-refractivity contribution is 6.00. The maximum Gasteiger partial charge on any atom is 0.229 e. The number of hydrogen-bond donors (Lipinski definition) is 2. The lowest BCUT2D eigenvalue weighted by Gasteiger charge is -2.09. The van der Waals surface area contributed by atoms with Gasteiger partial charge in [0, 0.05) is 13.0 Å². The summed E-state index contributed by atoms with van der Waals surface area (Å²) >= 11 is 0. The standard InChI is InChI=1S/C22H28N2O.CH4O.CH2O/c1-6-11-16(4)21(15(3)7-2)23-17(5)24-22(25)20-14-19(20)18-12-9-8-10-13-18;2*1-2/h7-13,19-20H,2,6,14H2,1,3-5H3,(H,23,24,25);2H,1H3;1H2/b16-11-,21-15+;;. The Morgan fingerprint density at radius 1 is 1.21 bits per heavy atom.